The zero-order valence-corrected chi connectivity index (χ0v) is 9.32. The molecule has 1 N–H and O–H groups in total. The van der Waals surface area contributed by atoms with Crippen LogP contribution in [0.3, 0.4) is 0 Å². The van der Waals surface area contributed by atoms with E-state index in [0.29, 0.717) is 0 Å². The lowest BCUT2D eigenvalue weighted by Crippen LogP contribution is -2.06. The van der Waals surface area contributed by atoms with E-state index in [1.807, 2.05) is 36.9 Å². The summed E-state index contributed by atoms with van der Waals surface area (Å²) >= 11 is 0. The molecular formula is C12H13N3O. The van der Waals surface area contributed by atoms with Crippen LogP contribution in [0.4, 0.5) is 5.69 Å². The predicted molar refractivity (Wildman–Crippen MR) is 64.3 cm³/mol. The van der Waals surface area contributed by atoms with Gasteiger partial charge in [0.25, 0.3) is 0 Å². The SMILES string of the molecule is C=CC(=O)Nc1ccc2c(C)n(C)nc2c1. The second kappa shape index (κ2) is 3.81. The number of hydrogen-bond donors (Lipinski definition) is 1. The van der Waals surface area contributed by atoms with Crippen LogP contribution in [0.25, 0.3) is 10.9 Å². The fraction of sp³-hybridized carbons (Fsp3) is 0.167. The van der Waals surface area contributed by atoms with Crippen LogP contribution < -0.4 is 5.32 Å². The minimum absolute atomic E-state index is 0.216. The van der Waals surface area contributed by atoms with Crippen molar-refractivity contribution in [3.05, 3.63) is 36.5 Å². The third kappa shape index (κ3) is 1.69. The molecule has 2 rings (SSSR count). The summed E-state index contributed by atoms with van der Waals surface area (Å²) in [5.74, 6) is -0.216. The number of anilines is 1. The monoisotopic (exact) mass is 215 g/mol. The molecule has 16 heavy (non-hydrogen) atoms. The summed E-state index contributed by atoms with van der Waals surface area (Å²) in [6.45, 7) is 5.42. The lowest BCUT2D eigenvalue weighted by molar-refractivity contribution is -0.111. The van der Waals surface area contributed by atoms with E-state index < -0.39 is 0 Å². The van der Waals surface area contributed by atoms with Crippen molar-refractivity contribution in [2.24, 2.45) is 7.05 Å². The molecule has 0 aliphatic rings. The van der Waals surface area contributed by atoms with Crippen LogP contribution in [-0.4, -0.2) is 15.7 Å². The highest BCUT2D eigenvalue weighted by molar-refractivity contribution is 6.00. The fourth-order valence-corrected chi connectivity index (χ4v) is 1.60. The van der Waals surface area contributed by atoms with Crippen molar-refractivity contribution in [2.75, 3.05) is 5.32 Å². The second-order valence-electron chi connectivity index (χ2n) is 3.63. The number of amides is 1. The molecule has 0 fully saturated rings. The Morgan fingerprint density at radius 2 is 2.31 bits per heavy atom. The number of carbonyl (C=O) groups is 1. The highest BCUT2D eigenvalue weighted by atomic mass is 16.1. The van der Waals surface area contributed by atoms with Gasteiger partial charge in [-0.1, -0.05) is 6.58 Å². The number of carbonyl (C=O) groups excluding carboxylic acids is 1. The maximum atomic E-state index is 11.1. The molecule has 1 aromatic carbocycles. The number of nitrogens with one attached hydrogen (secondary N) is 1. The summed E-state index contributed by atoms with van der Waals surface area (Å²) < 4.78 is 1.82. The van der Waals surface area contributed by atoms with E-state index >= 15 is 0 Å². The first-order chi connectivity index (χ1) is 7.61. The van der Waals surface area contributed by atoms with Crippen molar-refractivity contribution in [3.8, 4) is 0 Å². The van der Waals surface area contributed by atoms with Crippen molar-refractivity contribution in [2.45, 2.75) is 6.92 Å². The summed E-state index contributed by atoms with van der Waals surface area (Å²) in [7, 11) is 1.90. The number of fused-ring (bicyclic) bond motifs is 1. The quantitative estimate of drug-likeness (QED) is 0.779. The lowest BCUT2D eigenvalue weighted by atomic mass is 10.2. The van der Waals surface area contributed by atoms with Crippen molar-refractivity contribution in [3.63, 3.8) is 0 Å². The number of benzene rings is 1. The first-order valence-corrected chi connectivity index (χ1v) is 4.98. The average Bonchev–Trinajstić information content (AvgIpc) is 2.54. The Hall–Kier alpha value is -2.10. The van der Waals surface area contributed by atoms with Gasteiger partial charge in [-0.05, 0) is 31.2 Å². The van der Waals surface area contributed by atoms with Crippen LogP contribution in [0.2, 0.25) is 0 Å². The van der Waals surface area contributed by atoms with Gasteiger partial charge in [-0.2, -0.15) is 5.10 Å². The third-order valence-electron chi connectivity index (χ3n) is 2.58. The van der Waals surface area contributed by atoms with Gasteiger partial charge in [0.15, 0.2) is 0 Å². The summed E-state index contributed by atoms with van der Waals surface area (Å²) in [6.07, 6.45) is 1.24. The molecule has 1 amide bonds. The van der Waals surface area contributed by atoms with Gasteiger partial charge in [0, 0.05) is 23.8 Å². The number of hydrogen-bond acceptors (Lipinski definition) is 2. The molecule has 82 valence electrons. The van der Waals surface area contributed by atoms with Gasteiger partial charge in [0.05, 0.1) is 5.52 Å². The summed E-state index contributed by atoms with van der Waals surface area (Å²) in [5, 5.41) is 8.15. The van der Waals surface area contributed by atoms with Crippen LogP contribution in [0, 0.1) is 6.92 Å². The van der Waals surface area contributed by atoms with Gasteiger partial charge < -0.3 is 5.32 Å². The van der Waals surface area contributed by atoms with Crippen molar-refractivity contribution < 1.29 is 4.79 Å². The van der Waals surface area contributed by atoms with E-state index in [2.05, 4.69) is 17.0 Å². The molecule has 0 aliphatic carbocycles. The fourth-order valence-electron chi connectivity index (χ4n) is 1.60. The summed E-state index contributed by atoms with van der Waals surface area (Å²) in [5.41, 5.74) is 2.72. The molecule has 2 aromatic rings. The van der Waals surface area contributed by atoms with Crippen LogP contribution in [0.5, 0.6) is 0 Å². The van der Waals surface area contributed by atoms with Gasteiger partial charge in [0.1, 0.15) is 0 Å². The van der Waals surface area contributed by atoms with E-state index in [0.717, 1.165) is 22.3 Å². The number of aromatic nitrogens is 2. The molecule has 1 heterocycles. The molecule has 0 saturated heterocycles. The van der Waals surface area contributed by atoms with Gasteiger partial charge in [-0.25, -0.2) is 0 Å². The maximum absolute atomic E-state index is 11.1. The normalized spacial score (nSPS) is 10.4. The molecular weight excluding hydrogens is 202 g/mol. The number of rotatable bonds is 2. The molecule has 0 unspecified atom stereocenters. The Kier molecular flexibility index (Phi) is 2.48. The van der Waals surface area contributed by atoms with Crippen molar-refractivity contribution in [1.82, 2.24) is 9.78 Å². The molecule has 0 bridgehead atoms. The van der Waals surface area contributed by atoms with E-state index in [-0.39, 0.29) is 5.91 Å². The summed E-state index contributed by atoms with van der Waals surface area (Å²) in [4.78, 5) is 11.1. The van der Waals surface area contributed by atoms with Gasteiger partial charge in [-0.15, -0.1) is 0 Å². The molecule has 4 nitrogen and oxygen atoms in total. The van der Waals surface area contributed by atoms with Gasteiger partial charge >= 0.3 is 0 Å². The largest absolute Gasteiger partial charge is 0.322 e. The van der Waals surface area contributed by atoms with Crippen molar-refractivity contribution >= 4 is 22.5 Å². The van der Waals surface area contributed by atoms with Crippen LogP contribution in [0.1, 0.15) is 5.69 Å². The van der Waals surface area contributed by atoms with Crippen LogP contribution in [-0.2, 0) is 11.8 Å². The smallest absolute Gasteiger partial charge is 0.247 e. The van der Waals surface area contributed by atoms with E-state index in [9.17, 15) is 4.79 Å². The Labute approximate surface area is 93.6 Å². The Balaban J connectivity index is 2.44. The first kappa shape index (κ1) is 10.4. The number of nitrogens with zero attached hydrogens (tertiary/aromatic N) is 2. The zero-order valence-electron chi connectivity index (χ0n) is 9.32. The predicted octanol–water partition coefficient (Wildman–Crippen LogP) is 2.01. The van der Waals surface area contributed by atoms with Gasteiger partial charge in [0.2, 0.25) is 5.91 Å². The highest BCUT2D eigenvalue weighted by Crippen LogP contribution is 2.20. The maximum Gasteiger partial charge on any atom is 0.247 e. The Bertz CT molecular complexity index is 569. The van der Waals surface area contributed by atoms with Crippen molar-refractivity contribution in [1.29, 1.82) is 0 Å². The topological polar surface area (TPSA) is 46.9 Å². The van der Waals surface area contributed by atoms with Crippen LogP contribution >= 0.6 is 0 Å². The lowest BCUT2D eigenvalue weighted by Gasteiger charge is -2.00. The Morgan fingerprint density at radius 3 is 3.00 bits per heavy atom. The zero-order chi connectivity index (χ0) is 11.7. The minimum Gasteiger partial charge on any atom is -0.322 e. The first-order valence-electron chi connectivity index (χ1n) is 4.98. The molecule has 4 heteroatoms. The van der Waals surface area contributed by atoms with Gasteiger partial charge in [-0.3, -0.25) is 9.48 Å². The van der Waals surface area contributed by atoms with E-state index in [4.69, 9.17) is 0 Å². The highest BCUT2D eigenvalue weighted by Gasteiger charge is 2.05. The Morgan fingerprint density at radius 1 is 1.56 bits per heavy atom. The molecule has 0 atom stereocenters. The average molecular weight is 215 g/mol. The van der Waals surface area contributed by atoms with E-state index in [1.54, 1.807) is 0 Å². The minimum atomic E-state index is -0.216. The number of aryl methyl sites for hydroxylation is 2. The second-order valence-corrected chi connectivity index (χ2v) is 3.63. The van der Waals surface area contributed by atoms with Crippen LogP contribution in [0.15, 0.2) is 30.9 Å². The third-order valence-corrected chi connectivity index (χ3v) is 2.58. The molecule has 0 radical (unpaired) electrons. The molecule has 0 saturated carbocycles. The summed E-state index contributed by atoms with van der Waals surface area (Å²) in [6, 6.07) is 5.67. The molecule has 1 aromatic heterocycles. The molecule has 0 aliphatic heterocycles. The standard InChI is InChI=1S/C12H13N3O/c1-4-12(16)13-9-5-6-10-8(2)15(3)14-11(10)7-9/h4-7H,1H2,2-3H3,(H,13,16). The van der Waals surface area contributed by atoms with E-state index in [1.165, 1.54) is 6.08 Å². The molecule has 0 spiro atoms.